The summed E-state index contributed by atoms with van der Waals surface area (Å²) in [6, 6.07) is 9.99. The normalized spacial score (nSPS) is 14.8. The van der Waals surface area contributed by atoms with Gasteiger partial charge in [0.2, 0.25) is 0 Å². The highest BCUT2D eigenvalue weighted by Crippen LogP contribution is 2.26. The van der Waals surface area contributed by atoms with Gasteiger partial charge < -0.3 is 14.4 Å². The van der Waals surface area contributed by atoms with Gasteiger partial charge in [-0.1, -0.05) is 12.8 Å². The van der Waals surface area contributed by atoms with Gasteiger partial charge in [0.1, 0.15) is 5.76 Å². The number of rotatable bonds is 5. The molecule has 1 aliphatic carbocycles. The number of carbonyl (C=O) groups is 2. The Bertz CT molecular complexity index is 670. The van der Waals surface area contributed by atoms with Crippen molar-refractivity contribution in [3.8, 4) is 0 Å². The van der Waals surface area contributed by atoms with Crippen molar-refractivity contribution in [2.45, 2.75) is 38.3 Å². The van der Waals surface area contributed by atoms with E-state index in [9.17, 15) is 9.59 Å². The molecule has 0 saturated heterocycles. The van der Waals surface area contributed by atoms with Crippen LogP contribution in [0.3, 0.4) is 0 Å². The molecular formula is C18H19NO4. The largest absolute Gasteiger partial charge is 0.478 e. The summed E-state index contributed by atoms with van der Waals surface area (Å²) in [4.78, 5) is 25.7. The molecule has 3 rings (SSSR count). The predicted octanol–water partition coefficient (Wildman–Crippen LogP) is 3.56. The molecule has 1 aromatic heterocycles. The lowest BCUT2D eigenvalue weighted by molar-refractivity contribution is 0.0645. The Balaban J connectivity index is 1.82. The first-order valence-electron chi connectivity index (χ1n) is 7.82. The number of carboxylic acid groups (broad SMARTS) is 1. The van der Waals surface area contributed by atoms with Crippen LogP contribution in [0.2, 0.25) is 0 Å². The molecule has 5 heteroatoms. The second-order valence-corrected chi connectivity index (χ2v) is 5.83. The number of aromatic carboxylic acids is 1. The summed E-state index contributed by atoms with van der Waals surface area (Å²) < 4.78 is 5.39. The minimum atomic E-state index is -0.993. The molecule has 120 valence electrons. The van der Waals surface area contributed by atoms with Crippen LogP contribution in [0.25, 0.3) is 0 Å². The van der Waals surface area contributed by atoms with Crippen LogP contribution < -0.4 is 0 Å². The Labute approximate surface area is 134 Å². The van der Waals surface area contributed by atoms with Gasteiger partial charge in [-0.05, 0) is 49.2 Å². The molecule has 1 heterocycles. The number of benzene rings is 1. The van der Waals surface area contributed by atoms with Gasteiger partial charge in [-0.25, -0.2) is 4.79 Å². The molecule has 0 bridgehead atoms. The molecule has 5 nitrogen and oxygen atoms in total. The fourth-order valence-corrected chi connectivity index (χ4v) is 3.07. The Kier molecular flexibility index (Phi) is 4.46. The molecule has 2 aromatic rings. The van der Waals surface area contributed by atoms with E-state index >= 15 is 0 Å². The van der Waals surface area contributed by atoms with Gasteiger partial charge in [-0.15, -0.1) is 0 Å². The lowest BCUT2D eigenvalue weighted by atomic mass is 10.1. The second-order valence-electron chi connectivity index (χ2n) is 5.83. The van der Waals surface area contributed by atoms with E-state index in [1.165, 1.54) is 12.1 Å². The number of amides is 1. The van der Waals surface area contributed by atoms with Crippen LogP contribution in [0.15, 0.2) is 47.1 Å². The SMILES string of the molecule is O=C(O)c1ccc(C(=O)N(Cc2ccco2)C2CCCC2)cc1. The molecule has 1 saturated carbocycles. The first-order valence-corrected chi connectivity index (χ1v) is 7.82. The molecule has 0 atom stereocenters. The zero-order valence-electron chi connectivity index (χ0n) is 12.8. The van der Waals surface area contributed by atoms with Gasteiger partial charge in [0, 0.05) is 11.6 Å². The highest BCUT2D eigenvalue weighted by Gasteiger charge is 2.28. The third-order valence-electron chi connectivity index (χ3n) is 4.31. The quantitative estimate of drug-likeness (QED) is 0.916. The summed E-state index contributed by atoms with van der Waals surface area (Å²) in [7, 11) is 0. The van der Waals surface area contributed by atoms with Gasteiger partial charge in [0.15, 0.2) is 0 Å². The summed E-state index contributed by atoms with van der Waals surface area (Å²) in [5.74, 6) is -0.315. The lowest BCUT2D eigenvalue weighted by Crippen LogP contribution is -2.38. The molecule has 1 aliphatic rings. The van der Waals surface area contributed by atoms with Crippen molar-refractivity contribution < 1.29 is 19.1 Å². The third kappa shape index (κ3) is 3.44. The van der Waals surface area contributed by atoms with E-state index in [4.69, 9.17) is 9.52 Å². The lowest BCUT2D eigenvalue weighted by Gasteiger charge is -2.28. The first-order chi connectivity index (χ1) is 11.1. The molecule has 1 N–H and O–H groups in total. The van der Waals surface area contributed by atoms with Gasteiger partial charge in [-0.2, -0.15) is 0 Å². The molecular weight excluding hydrogens is 294 g/mol. The predicted molar refractivity (Wildman–Crippen MR) is 84.2 cm³/mol. The minimum absolute atomic E-state index is 0.0785. The average Bonchev–Trinajstić information content (AvgIpc) is 3.25. The average molecular weight is 313 g/mol. The highest BCUT2D eigenvalue weighted by molar-refractivity contribution is 5.96. The van der Waals surface area contributed by atoms with E-state index in [0.29, 0.717) is 12.1 Å². The molecule has 1 amide bonds. The van der Waals surface area contributed by atoms with Crippen molar-refractivity contribution in [1.29, 1.82) is 0 Å². The van der Waals surface area contributed by atoms with Gasteiger partial charge >= 0.3 is 5.97 Å². The first kappa shape index (κ1) is 15.3. The number of carboxylic acids is 1. The van der Waals surface area contributed by atoms with Crippen LogP contribution in [0.4, 0.5) is 0 Å². The summed E-state index contributed by atoms with van der Waals surface area (Å²) in [5, 5.41) is 8.96. The van der Waals surface area contributed by atoms with Crippen molar-refractivity contribution in [2.24, 2.45) is 0 Å². The Morgan fingerprint density at radius 3 is 2.30 bits per heavy atom. The Hall–Kier alpha value is -2.56. The Morgan fingerprint density at radius 1 is 1.09 bits per heavy atom. The fourth-order valence-electron chi connectivity index (χ4n) is 3.07. The van der Waals surface area contributed by atoms with Crippen LogP contribution in [0.5, 0.6) is 0 Å². The van der Waals surface area contributed by atoms with Crippen molar-refractivity contribution >= 4 is 11.9 Å². The van der Waals surface area contributed by atoms with Crippen LogP contribution >= 0.6 is 0 Å². The van der Waals surface area contributed by atoms with Gasteiger partial charge in [0.05, 0.1) is 18.4 Å². The molecule has 23 heavy (non-hydrogen) atoms. The second kappa shape index (κ2) is 6.69. The van der Waals surface area contributed by atoms with Crippen molar-refractivity contribution in [3.63, 3.8) is 0 Å². The van der Waals surface area contributed by atoms with Gasteiger partial charge in [0.25, 0.3) is 5.91 Å². The molecule has 0 aliphatic heterocycles. The van der Waals surface area contributed by atoms with Gasteiger partial charge in [-0.3, -0.25) is 4.79 Å². The maximum absolute atomic E-state index is 12.9. The van der Waals surface area contributed by atoms with E-state index in [-0.39, 0.29) is 17.5 Å². The van der Waals surface area contributed by atoms with Crippen molar-refractivity contribution in [2.75, 3.05) is 0 Å². The zero-order chi connectivity index (χ0) is 16.2. The van der Waals surface area contributed by atoms with E-state index in [1.807, 2.05) is 17.0 Å². The summed E-state index contributed by atoms with van der Waals surface area (Å²) in [6.45, 7) is 0.442. The smallest absolute Gasteiger partial charge is 0.335 e. The van der Waals surface area contributed by atoms with E-state index in [2.05, 4.69) is 0 Å². The number of hydrogen-bond donors (Lipinski definition) is 1. The van der Waals surface area contributed by atoms with Crippen LogP contribution in [-0.4, -0.2) is 27.9 Å². The van der Waals surface area contributed by atoms with Crippen molar-refractivity contribution in [3.05, 3.63) is 59.5 Å². The molecule has 0 spiro atoms. The standard InChI is InChI=1S/C18H19NO4/c20-17(13-7-9-14(10-8-13)18(21)22)19(15-4-1-2-5-15)12-16-6-3-11-23-16/h3,6-11,15H,1-2,4-5,12H2,(H,21,22). The summed E-state index contributed by atoms with van der Waals surface area (Å²) >= 11 is 0. The van der Waals surface area contributed by atoms with E-state index < -0.39 is 5.97 Å². The number of nitrogens with zero attached hydrogens (tertiary/aromatic N) is 1. The number of furan rings is 1. The molecule has 0 unspecified atom stereocenters. The van der Waals surface area contributed by atoms with Crippen LogP contribution in [0.1, 0.15) is 52.2 Å². The highest BCUT2D eigenvalue weighted by atomic mass is 16.4. The monoisotopic (exact) mass is 313 g/mol. The topological polar surface area (TPSA) is 70.8 Å². The van der Waals surface area contributed by atoms with E-state index in [0.717, 1.165) is 31.4 Å². The van der Waals surface area contributed by atoms with Crippen molar-refractivity contribution in [1.82, 2.24) is 4.90 Å². The number of hydrogen-bond acceptors (Lipinski definition) is 3. The molecule has 0 radical (unpaired) electrons. The minimum Gasteiger partial charge on any atom is -0.478 e. The molecule has 1 fully saturated rings. The van der Waals surface area contributed by atoms with Crippen LogP contribution in [-0.2, 0) is 6.54 Å². The summed E-state index contributed by atoms with van der Waals surface area (Å²) in [6.07, 6.45) is 5.86. The molecule has 1 aromatic carbocycles. The summed E-state index contributed by atoms with van der Waals surface area (Å²) in [5.41, 5.74) is 0.688. The van der Waals surface area contributed by atoms with Crippen LogP contribution in [0, 0.1) is 0 Å². The fraction of sp³-hybridized carbons (Fsp3) is 0.333. The van der Waals surface area contributed by atoms with E-state index in [1.54, 1.807) is 18.4 Å². The maximum Gasteiger partial charge on any atom is 0.335 e. The Morgan fingerprint density at radius 2 is 1.74 bits per heavy atom. The maximum atomic E-state index is 12.9. The third-order valence-corrected chi connectivity index (χ3v) is 4.31. The number of carbonyl (C=O) groups excluding carboxylic acids is 1. The zero-order valence-corrected chi connectivity index (χ0v) is 12.8.